The molecule has 0 atom stereocenters. The molecule has 4 rings (SSSR count). The Morgan fingerprint density at radius 3 is 2.60 bits per heavy atom. The van der Waals surface area contributed by atoms with Crippen molar-refractivity contribution in [3.05, 3.63) is 68.4 Å². The van der Waals surface area contributed by atoms with Crippen LogP contribution in [-0.4, -0.2) is 0 Å². The molecule has 2 aromatic rings. The van der Waals surface area contributed by atoms with E-state index in [0.717, 1.165) is 6.42 Å². The number of hydrogen-bond donors (Lipinski definition) is 0. The lowest BCUT2D eigenvalue weighted by Gasteiger charge is -2.27. The van der Waals surface area contributed by atoms with E-state index in [1.807, 2.05) is 0 Å². The number of hydrogen-bond acceptors (Lipinski definition) is 0. The fourth-order valence-corrected chi connectivity index (χ4v) is 3.70. The van der Waals surface area contributed by atoms with Crippen molar-refractivity contribution in [2.75, 3.05) is 0 Å². The zero-order valence-corrected chi connectivity index (χ0v) is 12.2. The molecule has 0 heteroatoms. The van der Waals surface area contributed by atoms with Crippen LogP contribution in [-0.2, 0) is 12.8 Å². The van der Waals surface area contributed by atoms with Crippen LogP contribution in [0.15, 0.2) is 36.4 Å². The molecular weight excluding hydrogens is 240 g/mol. The lowest BCUT2D eigenvalue weighted by atomic mass is 9.78. The third-order valence-corrected chi connectivity index (χ3v) is 4.81. The van der Waals surface area contributed by atoms with Crippen LogP contribution in [0.3, 0.4) is 0 Å². The van der Waals surface area contributed by atoms with Gasteiger partial charge >= 0.3 is 0 Å². The van der Waals surface area contributed by atoms with Crippen molar-refractivity contribution < 1.29 is 0 Å². The largest absolute Gasteiger partial charge is 0.0722 e. The fraction of sp³-hybridized carbons (Fsp3) is 0.300. The average Bonchev–Trinajstić information content (AvgIpc) is 2.45. The Morgan fingerprint density at radius 1 is 0.850 bits per heavy atom. The smallest absolute Gasteiger partial charge is 0.00791 e. The van der Waals surface area contributed by atoms with E-state index in [1.54, 1.807) is 11.1 Å². The van der Waals surface area contributed by atoms with Gasteiger partial charge in [-0.05, 0) is 56.7 Å². The van der Waals surface area contributed by atoms with Crippen LogP contribution in [0.1, 0.15) is 31.4 Å². The second-order valence-electron chi connectivity index (χ2n) is 6.79. The molecule has 0 saturated carbocycles. The third kappa shape index (κ3) is 1.75. The summed E-state index contributed by atoms with van der Waals surface area (Å²) in [4.78, 5) is 0. The topological polar surface area (TPSA) is 0 Å². The Bertz CT molecular complexity index is 898. The monoisotopic (exact) mass is 260 g/mol. The molecule has 0 radical (unpaired) electrons. The van der Waals surface area contributed by atoms with E-state index in [-0.39, 0.29) is 0 Å². The maximum absolute atomic E-state index is 2.46. The van der Waals surface area contributed by atoms with E-state index in [1.165, 1.54) is 33.7 Å². The zero-order chi connectivity index (χ0) is 13.7. The van der Waals surface area contributed by atoms with Crippen LogP contribution in [0.25, 0.3) is 12.2 Å². The first kappa shape index (κ1) is 12.0. The number of fused-ring (bicyclic) bond motifs is 4. The predicted octanol–water partition coefficient (Wildman–Crippen LogP) is 3.06. The first-order valence-corrected chi connectivity index (χ1v) is 7.57. The molecule has 2 aromatic carbocycles. The number of rotatable bonds is 0. The zero-order valence-electron chi connectivity index (χ0n) is 12.2. The lowest BCUT2D eigenvalue weighted by molar-refractivity contribution is 0.458. The maximum Gasteiger partial charge on any atom is -0.00791 e. The van der Waals surface area contributed by atoms with Crippen molar-refractivity contribution in [1.29, 1.82) is 0 Å². The van der Waals surface area contributed by atoms with Gasteiger partial charge < -0.3 is 0 Å². The molecule has 2 aliphatic rings. The second kappa shape index (κ2) is 4.09. The molecular formula is C20H20. The minimum absolute atomic E-state index is 0.345. The van der Waals surface area contributed by atoms with Gasteiger partial charge in [-0.3, -0.25) is 0 Å². The molecule has 0 saturated heterocycles. The summed E-state index contributed by atoms with van der Waals surface area (Å²) in [6, 6.07) is 13.4. The van der Waals surface area contributed by atoms with E-state index in [0.29, 0.717) is 5.41 Å². The van der Waals surface area contributed by atoms with Gasteiger partial charge in [0, 0.05) is 0 Å². The Kier molecular flexibility index (Phi) is 2.44. The summed E-state index contributed by atoms with van der Waals surface area (Å²) in [5.74, 6) is 0. The standard InChI is InChI=1S/C20H20/c1-20(2)12-11-17-15(13-20)8-10-18-16-6-4-3-5-14(16)7-9-19(17)18/h3-8,10,13H,9,11-12H2,1-2H3. The van der Waals surface area contributed by atoms with Gasteiger partial charge in [0.25, 0.3) is 0 Å². The third-order valence-electron chi connectivity index (χ3n) is 4.81. The van der Waals surface area contributed by atoms with Crippen molar-refractivity contribution in [3.8, 4) is 0 Å². The normalized spacial score (nSPS) is 18.1. The minimum atomic E-state index is 0.345. The molecule has 0 unspecified atom stereocenters. The molecule has 100 valence electrons. The SMILES string of the molecule is CC1(C)C=c2ccc3c(c2CC1)CC=c1ccccc1=3. The minimum Gasteiger partial charge on any atom is -0.0722 e. The summed E-state index contributed by atoms with van der Waals surface area (Å²) in [5.41, 5.74) is 3.50. The lowest BCUT2D eigenvalue weighted by Crippen LogP contribution is -2.26. The van der Waals surface area contributed by atoms with Crippen LogP contribution in [0.2, 0.25) is 0 Å². The summed E-state index contributed by atoms with van der Waals surface area (Å²) in [5, 5.41) is 5.71. The van der Waals surface area contributed by atoms with Gasteiger partial charge in [-0.15, -0.1) is 0 Å². The highest BCUT2D eigenvalue weighted by Gasteiger charge is 2.21. The van der Waals surface area contributed by atoms with Crippen LogP contribution >= 0.6 is 0 Å². The van der Waals surface area contributed by atoms with Crippen LogP contribution in [0.4, 0.5) is 0 Å². The molecule has 0 nitrogen and oxygen atoms in total. The van der Waals surface area contributed by atoms with Gasteiger partial charge in [0.2, 0.25) is 0 Å². The van der Waals surface area contributed by atoms with Crippen LogP contribution < -0.4 is 10.4 Å². The molecule has 0 aromatic heterocycles. The summed E-state index contributed by atoms with van der Waals surface area (Å²) >= 11 is 0. The summed E-state index contributed by atoms with van der Waals surface area (Å²) in [6.45, 7) is 4.69. The predicted molar refractivity (Wildman–Crippen MR) is 84.5 cm³/mol. The molecule has 0 bridgehead atoms. The van der Waals surface area contributed by atoms with Crippen LogP contribution in [0.5, 0.6) is 0 Å². The Morgan fingerprint density at radius 2 is 1.70 bits per heavy atom. The van der Waals surface area contributed by atoms with Gasteiger partial charge in [-0.1, -0.05) is 62.4 Å². The first-order valence-electron chi connectivity index (χ1n) is 7.57. The Hall–Kier alpha value is -1.82. The maximum atomic E-state index is 2.46. The summed E-state index contributed by atoms with van der Waals surface area (Å²) < 4.78 is 0. The summed E-state index contributed by atoms with van der Waals surface area (Å²) in [7, 11) is 0. The van der Waals surface area contributed by atoms with Crippen molar-refractivity contribution in [3.63, 3.8) is 0 Å². The molecule has 0 fully saturated rings. The summed E-state index contributed by atoms with van der Waals surface area (Å²) in [6.07, 6.45) is 8.42. The van der Waals surface area contributed by atoms with E-state index >= 15 is 0 Å². The van der Waals surface area contributed by atoms with E-state index in [9.17, 15) is 0 Å². The second-order valence-corrected chi connectivity index (χ2v) is 6.79. The highest BCUT2D eigenvalue weighted by molar-refractivity contribution is 5.48. The van der Waals surface area contributed by atoms with Crippen molar-refractivity contribution in [2.24, 2.45) is 5.41 Å². The average molecular weight is 260 g/mol. The highest BCUT2D eigenvalue weighted by Crippen LogP contribution is 2.29. The van der Waals surface area contributed by atoms with Gasteiger partial charge in [0.05, 0.1) is 0 Å². The Balaban J connectivity index is 2.15. The molecule has 2 aliphatic carbocycles. The Labute approximate surface area is 119 Å². The molecule has 0 amide bonds. The van der Waals surface area contributed by atoms with Crippen molar-refractivity contribution >= 4 is 12.2 Å². The van der Waals surface area contributed by atoms with Gasteiger partial charge in [0.15, 0.2) is 0 Å². The molecule has 0 aliphatic heterocycles. The van der Waals surface area contributed by atoms with Crippen LogP contribution in [0, 0.1) is 15.9 Å². The van der Waals surface area contributed by atoms with E-state index < -0.39 is 0 Å². The fourth-order valence-electron chi connectivity index (χ4n) is 3.70. The van der Waals surface area contributed by atoms with E-state index in [4.69, 9.17) is 0 Å². The molecule has 20 heavy (non-hydrogen) atoms. The van der Waals surface area contributed by atoms with Crippen molar-refractivity contribution in [2.45, 2.75) is 33.1 Å². The molecule has 0 spiro atoms. The van der Waals surface area contributed by atoms with Gasteiger partial charge in [-0.25, -0.2) is 0 Å². The van der Waals surface area contributed by atoms with Crippen molar-refractivity contribution in [1.82, 2.24) is 0 Å². The van der Waals surface area contributed by atoms with Gasteiger partial charge in [0.1, 0.15) is 0 Å². The van der Waals surface area contributed by atoms with Gasteiger partial charge in [-0.2, -0.15) is 0 Å². The first-order chi connectivity index (χ1) is 9.64. The van der Waals surface area contributed by atoms with E-state index in [2.05, 4.69) is 62.4 Å². The highest BCUT2D eigenvalue weighted by atomic mass is 14.3. The number of benzene rings is 2. The molecule has 0 heterocycles. The molecule has 0 N–H and O–H groups in total. The quantitative estimate of drug-likeness (QED) is 0.683.